The van der Waals surface area contributed by atoms with Crippen molar-refractivity contribution in [3.05, 3.63) is 24.3 Å². The van der Waals surface area contributed by atoms with Crippen LogP contribution in [0, 0.1) is 0 Å². The van der Waals surface area contributed by atoms with Gasteiger partial charge in [-0.2, -0.15) is 4.31 Å². The summed E-state index contributed by atoms with van der Waals surface area (Å²) in [4.78, 5) is 25.2. The number of anilines is 1. The third-order valence-electron chi connectivity index (χ3n) is 4.31. The van der Waals surface area contributed by atoms with Crippen molar-refractivity contribution in [2.75, 3.05) is 32.0 Å². The van der Waals surface area contributed by atoms with E-state index < -0.39 is 10.0 Å². The lowest BCUT2D eigenvalue weighted by atomic mass is 10.3. The molecule has 1 aromatic rings. The molecule has 1 atom stereocenters. The molecule has 0 aliphatic carbocycles. The molecule has 0 saturated heterocycles. The predicted molar refractivity (Wildman–Crippen MR) is 110 cm³/mol. The molecule has 0 fully saturated rings. The van der Waals surface area contributed by atoms with Crippen LogP contribution in [0.15, 0.2) is 29.2 Å². The topological polar surface area (TPSA) is 100 Å². The molecule has 0 aliphatic heterocycles. The maximum atomic E-state index is 12.5. The number of carbonyl (C=O) groups excluding carboxylic acids is 2. The molecule has 28 heavy (non-hydrogen) atoms. The molecule has 3 N–H and O–H groups in total. The third kappa shape index (κ3) is 7.21. The van der Waals surface area contributed by atoms with Crippen LogP contribution in [0.3, 0.4) is 0 Å². The number of carbonyl (C=O) groups is 2. The van der Waals surface area contributed by atoms with Crippen LogP contribution >= 0.6 is 0 Å². The molecule has 9 heteroatoms. The monoisotopic (exact) mass is 413 g/mol. The lowest BCUT2D eigenvalue weighted by Crippen LogP contribution is -3.14. The molecule has 0 radical (unpaired) electrons. The van der Waals surface area contributed by atoms with Gasteiger partial charge < -0.3 is 15.5 Å². The zero-order chi connectivity index (χ0) is 21.5. The molecular weight excluding hydrogens is 380 g/mol. The number of hydrogen-bond acceptors (Lipinski definition) is 4. The van der Waals surface area contributed by atoms with Crippen LogP contribution in [0.2, 0.25) is 0 Å². The Balaban J connectivity index is 2.71. The number of nitrogens with one attached hydrogen (secondary N) is 3. The fourth-order valence-corrected chi connectivity index (χ4v) is 3.87. The highest BCUT2D eigenvalue weighted by Crippen LogP contribution is 2.18. The van der Waals surface area contributed by atoms with Crippen LogP contribution < -0.4 is 15.5 Å². The molecule has 1 aromatic carbocycles. The Morgan fingerprint density at radius 2 is 1.57 bits per heavy atom. The zero-order valence-electron chi connectivity index (χ0n) is 17.6. The van der Waals surface area contributed by atoms with Gasteiger partial charge in [-0.25, -0.2) is 8.42 Å². The first kappa shape index (κ1) is 24.1. The molecule has 0 spiro atoms. The molecule has 1 rings (SSSR count). The fraction of sp³-hybridized carbons (Fsp3) is 0.579. The normalized spacial score (nSPS) is 13.0. The van der Waals surface area contributed by atoms with E-state index in [1.54, 1.807) is 26.0 Å². The van der Waals surface area contributed by atoms with Crippen molar-refractivity contribution in [1.29, 1.82) is 0 Å². The summed E-state index contributed by atoms with van der Waals surface area (Å²) in [5, 5.41) is 5.57. The maximum Gasteiger partial charge on any atom is 0.279 e. The summed E-state index contributed by atoms with van der Waals surface area (Å²) in [7, 11) is -2.02. The Bertz CT molecular complexity index is 761. The Kier molecular flexibility index (Phi) is 9.06. The van der Waals surface area contributed by atoms with Gasteiger partial charge >= 0.3 is 0 Å². The lowest BCUT2D eigenvalue weighted by Gasteiger charge is -2.21. The quantitative estimate of drug-likeness (QED) is 0.506. The molecule has 1 unspecified atom stereocenters. The Labute approximate surface area is 168 Å². The number of amides is 2. The number of benzene rings is 1. The van der Waals surface area contributed by atoms with Crippen molar-refractivity contribution in [3.8, 4) is 0 Å². The molecule has 0 saturated carbocycles. The van der Waals surface area contributed by atoms with E-state index in [1.807, 2.05) is 20.8 Å². The summed E-state index contributed by atoms with van der Waals surface area (Å²) in [6.45, 7) is 10.3. The average molecular weight is 414 g/mol. The minimum Gasteiger partial charge on any atom is -0.349 e. The van der Waals surface area contributed by atoms with E-state index in [-0.39, 0.29) is 41.9 Å². The largest absolute Gasteiger partial charge is 0.349 e. The zero-order valence-corrected chi connectivity index (χ0v) is 18.4. The number of nitrogens with zero attached hydrogens (tertiary/aromatic N) is 1. The Morgan fingerprint density at radius 1 is 1.04 bits per heavy atom. The fourth-order valence-electron chi connectivity index (χ4n) is 2.50. The molecular formula is C19H33N4O4S+. The van der Waals surface area contributed by atoms with E-state index in [0.29, 0.717) is 12.2 Å². The van der Waals surface area contributed by atoms with E-state index in [2.05, 4.69) is 10.6 Å². The summed E-state index contributed by atoms with van der Waals surface area (Å²) in [6.07, 6.45) is 0. The van der Waals surface area contributed by atoms with Gasteiger partial charge in [-0.3, -0.25) is 9.59 Å². The van der Waals surface area contributed by atoms with Crippen LogP contribution in [0.1, 0.15) is 34.6 Å². The number of quaternary nitrogens is 1. The molecule has 0 aromatic heterocycles. The van der Waals surface area contributed by atoms with Crippen molar-refractivity contribution in [3.63, 3.8) is 0 Å². The Hall–Kier alpha value is -1.97. The highest BCUT2D eigenvalue weighted by atomic mass is 32.2. The molecule has 2 amide bonds. The van der Waals surface area contributed by atoms with Gasteiger partial charge in [0.15, 0.2) is 13.1 Å². The highest BCUT2D eigenvalue weighted by Gasteiger charge is 2.23. The first-order valence-electron chi connectivity index (χ1n) is 9.48. The number of sulfonamides is 1. The van der Waals surface area contributed by atoms with E-state index in [9.17, 15) is 18.0 Å². The molecule has 0 bridgehead atoms. The number of likely N-dealkylation sites (N-methyl/N-ethyl adjacent to an activating group) is 1. The first-order chi connectivity index (χ1) is 13.0. The summed E-state index contributed by atoms with van der Waals surface area (Å²) < 4.78 is 26.2. The number of rotatable bonds is 10. The minimum absolute atomic E-state index is 0.0592. The number of hydrogen-bond donors (Lipinski definition) is 3. The van der Waals surface area contributed by atoms with Crippen molar-refractivity contribution in [1.82, 2.24) is 9.62 Å². The van der Waals surface area contributed by atoms with Gasteiger partial charge in [0.2, 0.25) is 10.0 Å². The molecule has 8 nitrogen and oxygen atoms in total. The lowest BCUT2D eigenvalue weighted by molar-refractivity contribution is -0.881. The maximum absolute atomic E-state index is 12.5. The van der Waals surface area contributed by atoms with Gasteiger partial charge in [-0.15, -0.1) is 0 Å². The van der Waals surface area contributed by atoms with Gasteiger partial charge in [0.05, 0.1) is 11.4 Å². The van der Waals surface area contributed by atoms with Crippen LogP contribution in [0.4, 0.5) is 5.69 Å². The summed E-state index contributed by atoms with van der Waals surface area (Å²) in [5.74, 6) is -0.326. The molecule has 158 valence electrons. The molecule has 0 aliphatic rings. The second kappa shape index (κ2) is 10.5. The van der Waals surface area contributed by atoms with E-state index in [4.69, 9.17) is 0 Å². The third-order valence-corrected chi connectivity index (χ3v) is 6.36. The van der Waals surface area contributed by atoms with Gasteiger partial charge in [-0.05, 0) is 58.9 Å². The van der Waals surface area contributed by atoms with Crippen molar-refractivity contribution in [2.45, 2.75) is 51.6 Å². The van der Waals surface area contributed by atoms with Crippen molar-refractivity contribution in [2.24, 2.45) is 0 Å². The second-order valence-corrected chi connectivity index (χ2v) is 9.36. The SMILES string of the molecule is CC[NH+](CC(=O)Nc1ccc(S(=O)(=O)N(C)C(C)C)cc1)CC(=O)NC(C)C. The van der Waals surface area contributed by atoms with Crippen molar-refractivity contribution >= 4 is 27.5 Å². The van der Waals surface area contributed by atoms with Gasteiger partial charge in [0, 0.05) is 24.8 Å². The van der Waals surface area contributed by atoms with Gasteiger partial charge in [0.25, 0.3) is 11.8 Å². The van der Waals surface area contributed by atoms with Gasteiger partial charge in [-0.1, -0.05) is 0 Å². The summed E-state index contributed by atoms with van der Waals surface area (Å²) >= 11 is 0. The second-order valence-electron chi connectivity index (χ2n) is 7.37. The standard InChI is InChI=1S/C19H32N4O4S/c1-7-23(12-18(24)20-14(2)3)13-19(25)21-16-8-10-17(11-9-16)28(26,27)22(6)15(4)5/h8-11,14-15H,7,12-13H2,1-6H3,(H,20,24)(H,21,25)/p+1. The van der Waals surface area contributed by atoms with Crippen LogP contribution in [-0.4, -0.2) is 63.3 Å². The van der Waals surface area contributed by atoms with Crippen molar-refractivity contribution < 1.29 is 22.9 Å². The highest BCUT2D eigenvalue weighted by molar-refractivity contribution is 7.89. The van der Waals surface area contributed by atoms with Gasteiger partial charge in [0.1, 0.15) is 0 Å². The first-order valence-corrected chi connectivity index (χ1v) is 10.9. The predicted octanol–water partition coefficient (Wildman–Crippen LogP) is 0.0834. The van der Waals surface area contributed by atoms with Crippen LogP contribution in [-0.2, 0) is 19.6 Å². The molecule has 0 heterocycles. The van der Waals surface area contributed by atoms with Crippen LogP contribution in [0.5, 0.6) is 0 Å². The van der Waals surface area contributed by atoms with Crippen LogP contribution in [0.25, 0.3) is 0 Å². The Morgan fingerprint density at radius 3 is 2.04 bits per heavy atom. The van der Waals surface area contributed by atoms with E-state index in [0.717, 1.165) is 4.90 Å². The summed E-state index contributed by atoms with van der Waals surface area (Å²) in [5.41, 5.74) is 0.512. The summed E-state index contributed by atoms with van der Waals surface area (Å²) in [6, 6.07) is 5.99. The minimum atomic E-state index is -3.56. The van der Waals surface area contributed by atoms with E-state index >= 15 is 0 Å². The smallest absolute Gasteiger partial charge is 0.279 e. The van der Waals surface area contributed by atoms with E-state index in [1.165, 1.54) is 23.5 Å². The average Bonchev–Trinajstić information content (AvgIpc) is 2.59.